The van der Waals surface area contributed by atoms with E-state index in [-0.39, 0.29) is 11.1 Å². The van der Waals surface area contributed by atoms with Crippen molar-refractivity contribution in [3.63, 3.8) is 0 Å². The van der Waals surface area contributed by atoms with E-state index >= 15 is 0 Å². The normalized spacial score (nSPS) is 18.5. The van der Waals surface area contributed by atoms with Gasteiger partial charge in [-0.2, -0.15) is 0 Å². The fourth-order valence-electron chi connectivity index (χ4n) is 1.45. The number of carbonyl (C=O) groups is 2. The Labute approximate surface area is 112 Å². The van der Waals surface area contributed by atoms with E-state index in [2.05, 4.69) is 0 Å². The SMILES string of the molecule is CCCN1C(=O)S/C(=C/c2ccc(Cl)s2)C1=O. The molecule has 1 aliphatic heterocycles. The predicted molar refractivity (Wildman–Crippen MR) is 72.3 cm³/mol. The molecule has 1 aromatic rings. The highest BCUT2D eigenvalue weighted by Gasteiger charge is 2.34. The average molecular weight is 288 g/mol. The number of amides is 2. The number of imide groups is 1. The third-order valence-corrected chi connectivity index (χ3v) is 4.27. The minimum atomic E-state index is -0.202. The summed E-state index contributed by atoms with van der Waals surface area (Å²) in [5, 5.41) is -0.189. The topological polar surface area (TPSA) is 37.4 Å². The minimum Gasteiger partial charge on any atom is -0.268 e. The molecule has 0 spiro atoms. The summed E-state index contributed by atoms with van der Waals surface area (Å²) in [5.41, 5.74) is 0. The molecule has 17 heavy (non-hydrogen) atoms. The summed E-state index contributed by atoms with van der Waals surface area (Å²) < 4.78 is 0.670. The van der Waals surface area contributed by atoms with Gasteiger partial charge in [-0.25, -0.2) is 0 Å². The molecule has 6 heteroatoms. The lowest BCUT2D eigenvalue weighted by Crippen LogP contribution is -2.28. The molecule has 0 aromatic carbocycles. The van der Waals surface area contributed by atoms with Crippen LogP contribution in [0.1, 0.15) is 18.2 Å². The molecular formula is C11H10ClNO2S2. The molecule has 3 nitrogen and oxygen atoms in total. The van der Waals surface area contributed by atoms with E-state index in [4.69, 9.17) is 11.6 Å². The smallest absolute Gasteiger partial charge is 0.268 e. The third-order valence-electron chi connectivity index (χ3n) is 2.19. The van der Waals surface area contributed by atoms with Gasteiger partial charge >= 0.3 is 0 Å². The second kappa shape index (κ2) is 5.25. The van der Waals surface area contributed by atoms with Crippen molar-refractivity contribution in [2.24, 2.45) is 0 Å². The van der Waals surface area contributed by atoms with E-state index in [0.717, 1.165) is 23.1 Å². The van der Waals surface area contributed by atoms with Crippen LogP contribution in [0.2, 0.25) is 4.34 Å². The van der Waals surface area contributed by atoms with E-state index in [0.29, 0.717) is 15.8 Å². The van der Waals surface area contributed by atoms with E-state index in [1.54, 1.807) is 12.1 Å². The van der Waals surface area contributed by atoms with Gasteiger partial charge in [0.15, 0.2) is 0 Å². The Morgan fingerprint density at radius 3 is 2.76 bits per heavy atom. The van der Waals surface area contributed by atoms with Gasteiger partial charge in [-0.15, -0.1) is 11.3 Å². The standard InChI is InChI=1S/C11H10ClNO2S2/c1-2-5-13-10(14)8(17-11(13)15)6-7-3-4-9(12)16-7/h3-4,6H,2,5H2,1H3/b8-6+. The zero-order chi connectivity index (χ0) is 12.4. The van der Waals surface area contributed by atoms with Crippen molar-refractivity contribution >= 4 is 51.9 Å². The summed E-state index contributed by atoms with van der Waals surface area (Å²) in [6, 6.07) is 3.61. The molecule has 2 heterocycles. The molecule has 0 atom stereocenters. The van der Waals surface area contributed by atoms with Crippen LogP contribution in [0.3, 0.4) is 0 Å². The average Bonchev–Trinajstić information content (AvgIpc) is 2.79. The summed E-state index contributed by atoms with van der Waals surface area (Å²) >= 11 is 8.18. The molecule has 0 unspecified atom stereocenters. The van der Waals surface area contributed by atoms with E-state index in [9.17, 15) is 9.59 Å². The number of thiophene rings is 1. The van der Waals surface area contributed by atoms with E-state index in [1.807, 2.05) is 13.0 Å². The van der Waals surface area contributed by atoms with Crippen molar-refractivity contribution in [1.29, 1.82) is 0 Å². The van der Waals surface area contributed by atoms with Gasteiger partial charge in [0.1, 0.15) is 0 Å². The van der Waals surface area contributed by atoms with Gasteiger partial charge in [0.05, 0.1) is 9.24 Å². The Morgan fingerprint density at radius 2 is 2.18 bits per heavy atom. The number of thioether (sulfide) groups is 1. The van der Waals surface area contributed by atoms with Gasteiger partial charge in [0.25, 0.3) is 11.1 Å². The lowest BCUT2D eigenvalue weighted by atomic mass is 10.3. The van der Waals surface area contributed by atoms with Gasteiger partial charge in [0, 0.05) is 11.4 Å². The summed E-state index contributed by atoms with van der Waals surface area (Å²) in [7, 11) is 0. The van der Waals surface area contributed by atoms with Crippen molar-refractivity contribution in [3.05, 3.63) is 26.3 Å². The first kappa shape index (κ1) is 12.7. The number of nitrogens with zero attached hydrogens (tertiary/aromatic N) is 1. The molecule has 2 amide bonds. The number of hydrogen-bond acceptors (Lipinski definition) is 4. The number of rotatable bonds is 3. The second-order valence-corrected chi connectivity index (χ2v) is 6.22. The lowest BCUT2D eigenvalue weighted by molar-refractivity contribution is -0.122. The van der Waals surface area contributed by atoms with Crippen molar-refractivity contribution in [2.75, 3.05) is 6.54 Å². The Hall–Kier alpha value is -0.780. The molecular weight excluding hydrogens is 278 g/mol. The van der Waals surface area contributed by atoms with Gasteiger partial charge in [-0.05, 0) is 36.4 Å². The Balaban J connectivity index is 2.21. The maximum atomic E-state index is 11.9. The largest absolute Gasteiger partial charge is 0.293 e. The van der Waals surface area contributed by atoms with Gasteiger partial charge in [-0.3, -0.25) is 14.5 Å². The quantitative estimate of drug-likeness (QED) is 0.793. The Kier molecular flexibility index (Phi) is 3.91. The van der Waals surface area contributed by atoms with Crippen molar-refractivity contribution in [1.82, 2.24) is 4.90 Å². The maximum absolute atomic E-state index is 11.9. The molecule has 0 N–H and O–H groups in total. The first-order valence-corrected chi connectivity index (χ1v) is 7.13. The van der Waals surface area contributed by atoms with Crippen LogP contribution in [-0.4, -0.2) is 22.6 Å². The van der Waals surface area contributed by atoms with Crippen LogP contribution < -0.4 is 0 Å². The fraction of sp³-hybridized carbons (Fsp3) is 0.273. The summed E-state index contributed by atoms with van der Waals surface area (Å²) in [4.78, 5) is 26.1. The number of halogens is 1. The first-order chi connectivity index (χ1) is 8.11. The maximum Gasteiger partial charge on any atom is 0.293 e. The zero-order valence-electron chi connectivity index (χ0n) is 9.10. The molecule has 2 rings (SSSR count). The molecule has 1 aromatic heterocycles. The summed E-state index contributed by atoms with van der Waals surface area (Å²) in [6.07, 6.45) is 2.49. The zero-order valence-corrected chi connectivity index (χ0v) is 11.5. The fourth-order valence-corrected chi connectivity index (χ4v) is 3.39. The van der Waals surface area contributed by atoms with Crippen LogP contribution in [-0.2, 0) is 4.79 Å². The molecule has 1 aliphatic rings. The van der Waals surface area contributed by atoms with Crippen LogP contribution in [0.4, 0.5) is 4.79 Å². The van der Waals surface area contributed by atoms with Gasteiger partial charge in [0.2, 0.25) is 0 Å². The molecule has 1 fully saturated rings. The highest BCUT2D eigenvalue weighted by molar-refractivity contribution is 8.18. The molecule has 0 saturated carbocycles. The second-order valence-electron chi connectivity index (χ2n) is 3.48. The van der Waals surface area contributed by atoms with Crippen LogP contribution in [0.25, 0.3) is 6.08 Å². The van der Waals surface area contributed by atoms with Gasteiger partial charge in [-0.1, -0.05) is 18.5 Å². The summed E-state index contributed by atoms with van der Waals surface area (Å²) in [5.74, 6) is -0.202. The molecule has 0 aliphatic carbocycles. The van der Waals surface area contributed by atoms with Crippen LogP contribution in [0.15, 0.2) is 17.0 Å². The molecule has 0 bridgehead atoms. The molecule has 0 radical (unpaired) electrons. The van der Waals surface area contributed by atoms with Crippen LogP contribution >= 0.6 is 34.7 Å². The highest BCUT2D eigenvalue weighted by atomic mass is 35.5. The van der Waals surface area contributed by atoms with Crippen LogP contribution in [0, 0.1) is 0 Å². The van der Waals surface area contributed by atoms with E-state index in [1.165, 1.54) is 16.2 Å². The third kappa shape index (κ3) is 2.73. The van der Waals surface area contributed by atoms with E-state index < -0.39 is 0 Å². The number of hydrogen-bond donors (Lipinski definition) is 0. The predicted octanol–water partition coefficient (Wildman–Crippen LogP) is 3.85. The summed E-state index contributed by atoms with van der Waals surface area (Å²) in [6.45, 7) is 2.42. The first-order valence-electron chi connectivity index (χ1n) is 5.12. The van der Waals surface area contributed by atoms with Crippen molar-refractivity contribution in [2.45, 2.75) is 13.3 Å². The minimum absolute atomic E-state index is 0.189. The monoisotopic (exact) mass is 287 g/mol. The Morgan fingerprint density at radius 1 is 1.41 bits per heavy atom. The van der Waals surface area contributed by atoms with Crippen molar-refractivity contribution in [3.8, 4) is 0 Å². The van der Waals surface area contributed by atoms with Crippen LogP contribution in [0.5, 0.6) is 0 Å². The lowest BCUT2D eigenvalue weighted by Gasteiger charge is -2.09. The van der Waals surface area contributed by atoms with Gasteiger partial charge < -0.3 is 0 Å². The highest BCUT2D eigenvalue weighted by Crippen LogP contribution is 2.34. The Bertz CT molecular complexity index is 495. The molecule has 90 valence electrons. The molecule has 1 saturated heterocycles. The van der Waals surface area contributed by atoms with Crippen molar-refractivity contribution < 1.29 is 9.59 Å². The number of carbonyl (C=O) groups excluding carboxylic acids is 2.